The molecule has 1 heterocycles. The molecule has 0 amide bonds. The third kappa shape index (κ3) is 4.83. The van der Waals surface area contributed by atoms with Crippen LogP contribution in [0.5, 0.6) is 11.5 Å². The van der Waals surface area contributed by atoms with Crippen LogP contribution in [0.25, 0.3) is 0 Å². The quantitative estimate of drug-likeness (QED) is 0.573. The number of ether oxygens (including phenoxy) is 2. The van der Waals surface area contributed by atoms with Crippen molar-refractivity contribution in [1.29, 1.82) is 0 Å². The second kappa shape index (κ2) is 9.01. The van der Waals surface area contributed by atoms with Crippen molar-refractivity contribution in [1.82, 2.24) is 10.2 Å². The van der Waals surface area contributed by atoms with Gasteiger partial charge in [-0.25, -0.2) is 0 Å². The van der Waals surface area contributed by atoms with Crippen molar-refractivity contribution in [2.75, 3.05) is 40.4 Å². The summed E-state index contributed by atoms with van der Waals surface area (Å²) in [5, 5.41) is 15.0. The molecule has 0 aliphatic carbocycles. The van der Waals surface area contributed by atoms with Gasteiger partial charge < -0.3 is 14.8 Å². The molecule has 1 fully saturated rings. The number of nitro groups is 1. The zero-order valence-corrected chi connectivity index (χ0v) is 15.6. The van der Waals surface area contributed by atoms with Gasteiger partial charge in [0.1, 0.15) is 0 Å². The highest BCUT2D eigenvalue weighted by molar-refractivity contribution is 5.55. The molecule has 1 saturated heterocycles. The van der Waals surface area contributed by atoms with E-state index in [9.17, 15) is 10.1 Å². The van der Waals surface area contributed by atoms with Crippen molar-refractivity contribution < 1.29 is 14.4 Å². The lowest BCUT2D eigenvalue weighted by Gasteiger charge is -2.35. The Labute approximate surface area is 149 Å². The second-order valence-electron chi connectivity index (χ2n) is 6.80. The van der Waals surface area contributed by atoms with Crippen molar-refractivity contribution in [2.24, 2.45) is 5.92 Å². The van der Waals surface area contributed by atoms with Crippen molar-refractivity contribution in [3.05, 3.63) is 27.8 Å². The summed E-state index contributed by atoms with van der Waals surface area (Å²) in [5.74, 6) is 1.47. The third-order valence-electron chi connectivity index (χ3n) is 4.70. The van der Waals surface area contributed by atoms with Crippen LogP contribution in [-0.2, 0) is 0 Å². The highest BCUT2D eigenvalue weighted by Gasteiger charge is 2.30. The second-order valence-corrected chi connectivity index (χ2v) is 6.80. The summed E-state index contributed by atoms with van der Waals surface area (Å²) in [6, 6.07) is 3.27. The van der Waals surface area contributed by atoms with Gasteiger partial charge in [0.05, 0.1) is 30.8 Å². The van der Waals surface area contributed by atoms with Gasteiger partial charge in [-0.1, -0.05) is 13.8 Å². The van der Waals surface area contributed by atoms with Crippen LogP contribution < -0.4 is 14.8 Å². The van der Waals surface area contributed by atoms with Gasteiger partial charge in [-0.05, 0) is 24.8 Å². The Morgan fingerprint density at radius 1 is 1.16 bits per heavy atom. The molecular formula is C18H29N3O4. The Hall–Kier alpha value is -1.86. The van der Waals surface area contributed by atoms with Gasteiger partial charge >= 0.3 is 0 Å². The molecule has 25 heavy (non-hydrogen) atoms. The highest BCUT2D eigenvalue weighted by atomic mass is 16.6. The molecule has 1 aromatic rings. The monoisotopic (exact) mass is 351 g/mol. The standard InChI is InChI=1S/C18H29N3O4/c1-13(2)5-6-15(20-9-7-19-8-10-20)14-11-17(24-3)18(25-4)12-16(14)21(22)23/h11-13,15,19H,5-10H2,1-4H3/t15-/m1/s1. The fourth-order valence-corrected chi connectivity index (χ4v) is 3.33. The molecule has 0 saturated carbocycles. The SMILES string of the molecule is COc1cc([C@@H](CCC(C)C)N2CCNCC2)c([N+](=O)[O-])cc1OC. The average molecular weight is 351 g/mol. The molecule has 1 aliphatic rings. The summed E-state index contributed by atoms with van der Waals surface area (Å²) in [4.78, 5) is 13.7. The first-order valence-corrected chi connectivity index (χ1v) is 8.83. The third-order valence-corrected chi connectivity index (χ3v) is 4.70. The van der Waals surface area contributed by atoms with Crippen LogP contribution in [0.3, 0.4) is 0 Å². The summed E-state index contributed by atoms with van der Waals surface area (Å²) in [5.41, 5.74) is 0.815. The molecule has 140 valence electrons. The number of methoxy groups -OCH3 is 2. The van der Waals surface area contributed by atoms with Crippen molar-refractivity contribution in [3.63, 3.8) is 0 Å². The van der Waals surface area contributed by atoms with E-state index in [2.05, 4.69) is 24.1 Å². The molecule has 0 aromatic heterocycles. The summed E-state index contributed by atoms with van der Waals surface area (Å²) in [6.07, 6.45) is 1.90. The molecular weight excluding hydrogens is 322 g/mol. The van der Waals surface area contributed by atoms with Crippen LogP contribution >= 0.6 is 0 Å². The number of hydrogen-bond acceptors (Lipinski definition) is 6. The van der Waals surface area contributed by atoms with Crippen molar-refractivity contribution in [2.45, 2.75) is 32.7 Å². The summed E-state index contributed by atoms with van der Waals surface area (Å²) in [6.45, 7) is 7.93. The maximum absolute atomic E-state index is 11.7. The Morgan fingerprint density at radius 2 is 1.76 bits per heavy atom. The molecule has 1 aliphatic heterocycles. The number of benzene rings is 1. The normalized spacial score (nSPS) is 16.7. The number of piperazine rings is 1. The predicted molar refractivity (Wildman–Crippen MR) is 97.5 cm³/mol. The summed E-state index contributed by atoms with van der Waals surface area (Å²) >= 11 is 0. The van der Waals surface area contributed by atoms with Crippen LogP contribution in [-0.4, -0.2) is 50.2 Å². The molecule has 1 atom stereocenters. The molecule has 0 unspecified atom stereocenters. The topological polar surface area (TPSA) is 76.9 Å². The minimum Gasteiger partial charge on any atom is -0.493 e. The van der Waals surface area contributed by atoms with Gasteiger partial charge in [-0.3, -0.25) is 15.0 Å². The van der Waals surface area contributed by atoms with Gasteiger partial charge in [-0.15, -0.1) is 0 Å². The van der Waals surface area contributed by atoms with Gasteiger partial charge in [0, 0.05) is 32.2 Å². The maximum Gasteiger partial charge on any atom is 0.278 e. The molecule has 7 nitrogen and oxygen atoms in total. The predicted octanol–water partition coefficient (Wildman–Crippen LogP) is 2.99. The lowest BCUT2D eigenvalue weighted by atomic mass is 9.94. The number of hydrogen-bond donors (Lipinski definition) is 1. The summed E-state index contributed by atoms with van der Waals surface area (Å²) in [7, 11) is 3.05. The molecule has 0 spiro atoms. The van der Waals surface area contributed by atoms with E-state index in [1.807, 2.05) is 0 Å². The van der Waals surface area contributed by atoms with E-state index >= 15 is 0 Å². The lowest BCUT2D eigenvalue weighted by Crippen LogP contribution is -2.45. The van der Waals surface area contributed by atoms with Crippen LogP contribution in [0.4, 0.5) is 5.69 Å². The molecule has 1 aromatic carbocycles. The first-order chi connectivity index (χ1) is 12.0. The van der Waals surface area contributed by atoms with Crippen molar-refractivity contribution >= 4 is 5.69 Å². The molecule has 7 heteroatoms. The van der Waals surface area contributed by atoms with Gasteiger partial charge in [0.2, 0.25) is 0 Å². The zero-order chi connectivity index (χ0) is 18.4. The summed E-state index contributed by atoms with van der Waals surface area (Å²) < 4.78 is 10.6. The number of nitrogens with one attached hydrogen (secondary N) is 1. The largest absolute Gasteiger partial charge is 0.493 e. The number of rotatable bonds is 8. The fourth-order valence-electron chi connectivity index (χ4n) is 3.33. The van der Waals surface area contributed by atoms with Crippen molar-refractivity contribution in [3.8, 4) is 11.5 Å². The Kier molecular flexibility index (Phi) is 7.01. The maximum atomic E-state index is 11.7. The average Bonchev–Trinajstić information content (AvgIpc) is 2.61. The van der Waals surface area contributed by atoms with E-state index in [-0.39, 0.29) is 16.7 Å². The lowest BCUT2D eigenvalue weighted by molar-refractivity contribution is -0.386. The van der Waals surface area contributed by atoms with Gasteiger partial charge in [0.25, 0.3) is 5.69 Å². The molecule has 1 N–H and O–H groups in total. The number of nitro benzene ring substituents is 1. The van der Waals surface area contributed by atoms with Crippen LogP contribution in [0.15, 0.2) is 12.1 Å². The zero-order valence-electron chi connectivity index (χ0n) is 15.6. The van der Waals surface area contributed by atoms with E-state index in [1.165, 1.54) is 13.2 Å². The van der Waals surface area contributed by atoms with Crippen LogP contribution in [0, 0.1) is 16.0 Å². The van der Waals surface area contributed by atoms with Gasteiger partial charge in [-0.2, -0.15) is 0 Å². The van der Waals surface area contributed by atoms with E-state index in [4.69, 9.17) is 9.47 Å². The molecule has 2 rings (SSSR count). The Balaban J connectivity index is 2.47. The Morgan fingerprint density at radius 3 is 2.28 bits per heavy atom. The highest BCUT2D eigenvalue weighted by Crippen LogP contribution is 2.41. The molecule has 0 radical (unpaired) electrons. The molecule has 0 bridgehead atoms. The first kappa shape index (κ1) is 19.5. The van der Waals surface area contributed by atoms with E-state index in [0.29, 0.717) is 23.0 Å². The van der Waals surface area contributed by atoms with Gasteiger partial charge in [0.15, 0.2) is 11.5 Å². The van der Waals surface area contributed by atoms with E-state index < -0.39 is 0 Å². The fraction of sp³-hybridized carbons (Fsp3) is 0.667. The van der Waals surface area contributed by atoms with E-state index in [0.717, 1.165) is 39.0 Å². The minimum atomic E-state index is -0.318. The number of nitrogens with zero attached hydrogens (tertiary/aromatic N) is 2. The van der Waals surface area contributed by atoms with E-state index in [1.54, 1.807) is 13.2 Å². The minimum absolute atomic E-state index is 0.00436. The Bertz CT molecular complexity index is 586. The first-order valence-electron chi connectivity index (χ1n) is 8.83. The van der Waals surface area contributed by atoms with Crippen LogP contribution in [0.2, 0.25) is 0 Å². The smallest absolute Gasteiger partial charge is 0.278 e. The van der Waals surface area contributed by atoms with Crippen LogP contribution in [0.1, 0.15) is 38.3 Å².